The smallest absolute Gasteiger partial charge is 0.143 e. The zero-order valence-electron chi connectivity index (χ0n) is 18.1. The highest BCUT2D eigenvalue weighted by Crippen LogP contribution is 2.33. The number of rotatable bonds is 4. The number of anilines is 2. The summed E-state index contributed by atoms with van der Waals surface area (Å²) in [7, 11) is 7.56. The lowest BCUT2D eigenvalue weighted by Gasteiger charge is -2.33. The number of benzene rings is 2. The second-order valence-corrected chi connectivity index (χ2v) is 7.59. The molecule has 158 valence electrons. The molecule has 6 nitrogen and oxygen atoms in total. The lowest BCUT2D eigenvalue weighted by molar-refractivity contribution is 0.0801. The summed E-state index contributed by atoms with van der Waals surface area (Å²) in [6.07, 6.45) is 0.272. The van der Waals surface area contributed by atoms with Crippen LogP contribution in [0.4, 0.5) is 11.4 Å². The minimum absolute atomic E-state index is 0.134. The molecular formula is C23H32N2O4. The van der Waals surface area contributed by atoms with Gasteiger partial charge in [0.15, 0.2) is 0 Å². The molecule has 0 amide bonds. The first kappa shape index (κ1) is 21.3. The molecule has 0 aromatic heterocycles. The third-order valence-corrected chi connectivity index (χ3v) is 5.05. The van der Waals surface area contributed by atoms with Crippen LogP contribution in [0.3, 0.4) is 0 Å². The van der Waals surface area contributed by atoms with Crippen LogP contribution in [0.25, 0.3) is 0 Å². The van der Waals surface area contributed by atoms with Gasteiger partial charge in [-0.2, -0.15) is 0 Å². The van der Waals surface area contributed by atoms with Crippen molar-refractivity contribution >= 4 is 11.4 Å². The Kier molecular flexibility index (Phi) is 7.23. The Morgan fingerprint density at radius 1 is 0.828 bits per heavy atom. The molecule has 2 aliphatic heterocycles. The number of ether oxygens (including phenoxy) is 4. The van der Waals surface area contributed by atoms with Gasteiger partial charge in [0.25, 0.3) is 0 Å². The highest BCUT2D eigenvalue weighted by molar-refractivity contribution is 5.61. The van der Waals surface area contributed by atoms with Gasteiger partial charge in [-0.1, -0.05) is 18.2 Å². The zero-order chi connectivity index (χ0) is 20.8. The fraction of sp³-hybridized carbons (Fsp3) is 0.478. The second kappa shape index (κ2) is 9.85. The van der Waals surface area contributed by atoms with Crippen LogP contribution in [0.15, 0.2) is 42.5 Å². The van der Waals surface area contributed by atoms with E-state index in [1.165, 1.54) is 5.56 Å². The summed E-state index contributed by atoms with van der Waals surface area (Å²) in [6, 6.07) is 14.4. The molecule has 2 aromatic rings. The maximum Gasteiger partial charge on any atom is 0.143 e. The maximum atomic E-state index is 5.86. The molecule has 0 saturated heterocycles. The number of hydrogen-bond donors (Lipinski definition) is 0. The summed E-state index contributed by atoms with van der Waals surface area (Å²) >= 11 is 0. The van der Waals surface area contributed by atoms with Gasteiger partial charge in [0, 0.05) is 28.3 Å². The highest BCUT2D eigenvalue weighted by atomic mass is 16.5. The van der Waals surface area contributed by atoms with E-state index in [-0.39, 0.29) is 12.2 Å². The fourth-order valence-corrected chi connectivity index (χ4v) is 3.69. The van der Waals surface area contributed by atoms with Gasteiger partial charge in [0.05, 0.1) is 37.7 Å². The van der Waals surface area contributed by atoms with Crippen LogP contribution >= 0.6 is 0 Å². The van der Waals surface area contributed by atoms with Crippen LogP contribution in [0.1, 0.15) is 5.56 Å². The summed E-state index contributed by atoms with van der Waals surface area (Å²) < 4.78 is 21.8. The Morgan fingerprint density at radius 3 is 2.00 bits per heavy atom. The largest absolute Gasteiger partial charge is 0.484 e. The Balaban J connectivity index is 0.000000166. The minimum atomic E-state index is 0.134. The number of methoxy groups -OCH3 is 2. The van der Waals surface area contributed by atoms with Crippen molar-refractivity contribution in [1.82, 2.24) is 0 Å². The van der Waals surface area contributed by atoms with Crippen molar-refractivity contribution in [2.24, 2.45) is 0 Å². The monoisotopic (exact) mass is 400 g/mol. The molecule has 0 fully saturated rings. The Hall–Kier alpha value is -2.44. The third-order valence-electron chi connectivity index (χ3n) is 5.05. The van der Waals surface area contributed by atoms with Gasteiger partial charge in [-0.15, -0.1) is 0 Å². The summed E-state index contributed by atoms with van der Waals surface area (Å²) in [4.78, 5) is 4.41. The van der Waals surface area contributed by atoms with Gasteiger partial charge in [0.2, 0.25) is 0 Å². The number of para-hydroxylation sites is 2. The normalized spacial score (nSPS) is 19.9. The molecule has 0 radical (unpaired) electrons. The van der Waals surface area contributed by atoms with E-state index in [9.17, 15) is 0 Å². The number of hydrogen-bond acceptors (Lipinski definition) is 6. The molecule has 2 aliphatic rings. The first-order valence-electron chi connectivity index (χ1n) is 9.95. The van der Waals surface area contributed by atoms with Crippen molar-refractivity contribution in [2.75, 3.05) is 64.4 Å². The predicted molar refractivity (Wildman–Crippen MR) is 117 cm³/mol. The standard InChI is InChI=1S/C12H17NO2.C11H15NO2/c1-9-4-5-11-12(6-9)15-10(8-14-3)7-13(11)2;1-12-7-9(8-13-2)14-11-6-4-3-5-10(11)12/h4-6,10H,7-8H2,1-3H3;3-6,9H,7-8H2,1-2H3/t10-;9-/m11/s1. The van der Waals surface area contributed by atoms with Crippen LogP contribution in [0.2, 0.25) is 0 Å². The molecule has 4 rings (SSSR count). The number of aryl methyl sites for hydroxylation is 1. The second-order valence-electron chi connectivity index (χ2n) is 7.59. The van der Waals surface area contributed by atoms with E-state index >= 15 is 0 Å². The summed E-state index contributed by atoms with van der Waals surface area (Å²) in [5, 5.41) is 0. The van der Waals surface area contributed by atoms with Crippen molar-refractivity contribution in [3.05, 3.63) is 48.0 Å². The van der Waals surface area contributed by atoms with Crippen molar-refractivity contribution in [1.29, 1.82) is 0 Å². The molecule has 29 heavy (non-hydrogen) atoms. The van der Waals surface area contributed by atoms with Crippen LogP contribution in [-0.2, 0) is 9.47 Å². The van der Waals surface area contributed by atoms with Crippen molar-refractivity contribution in [2.45, 2.75) is 19.1 Å². The molecule has 0 saturated carbocycles. The van der Waals surface area contributed by atoms with Gasteiger partial charge >= 0.3 is 0 Å². The number of nitrogens with zero attached hydrogens (tertiary/aromatic N) is 2. The van der Waals surface area contributed by atoms with Crippen molar-refractivity contribution in [3.8, 4) is 11.5 Å². The molecule has 0 N–H and O–H groups in total. The highest BCUT2D eigenvalue weighted by Gasteiger charge is 2.23. The van der Waals surface area contributed by atoms with E-state index in [4.69, 9.17) is 18.9 Å². The van der Waals surface area contributed by atoms with E-state index in [0.29, 0.717) is 13.2 Å². The quantitative estimate of drug-likeness (QED) is 0.784. The molecule has 2 heterocycles. The van der Waals surface area contributed by atoms with Crippen molar-refractivity contribution in [3.63, 3.8) is 0 Å². The minimum Gasteiger partial charge on any atom is -0.484 e. The van der Waals surface area contributed by atoms with E-state index in [1.807, 2.05) is 18.2 Å². The van der Waals surface area contributed by atoms with Gasteiger partial charge in [-0.25, -0.2) is 0 Å². The van der Waals surface area contributed by atoms with E-state index in [1.54, 1.807) is 14.2 Å². The molecule has 0 bridgehead atoms. The number of likely N-dealkylation sites (N-methyl/N-ethyl adjacent to an activating group) is 2. The van der Waals surface area contributed by atoms with Gasteiger partial charge in [0.1, 0.15) is 23.7 Å². The first-order chi connectivity index (χ1) is 14.0. The maximum absolute atomic E-state index is 5.86. The molecule has 0 aliphatic carbocycles. The zero-order valence-corrected chi connectivity index (χ0v) is 18.1. The van der Waals surface area contributed by atoms with E-state index in [2.05, 4.69) is 55.1 Å². The summed E-state index contributed by atoms with van der Waals surface area (Å²) in [6.45, 7) is 5.11. The molecule has 0 unspecified atom stereocenters. The Bertz CT molecular complexity index is 798. The van der Waals surface area contributed by atoms with E-state index in [0.717, 1.165) is 36.0 Å². The third kappa shape index (κ3) is 5.34. The molecule has 2 atom stereocenters. The fourth-order valence-electron chi connectivity index (χ4n) is 3.69. The lowest BCUT2D eigenvalue weighted by Crippen LogP contribution is -2.40. The van der Waals surface area contributed by atoms with Crippen LogP contribution < -0.4 is 19.3 Å². The Morgan fingerprint density at radius 2 is 1.38 bits per heavy atom. The molecule has 6 heteroatoms. The predicted octanol–water partition coefficient (Wildman–Crippen LogP) is 3.37. The van der Waals surface area contributed by atoms with Crippen molar-refractivity contribution < 1.29 is 18.9 Å². The summed E-state index contributed by atoms with van der Waals surface area (Å²) in [5.74, 6) is 1.91. The van der Waals surface area contributed by atoms with Gasteiger partial charge in [-0.05, 0) is 36.8 Å². The average molecular weight is 401 g/mol. The average Bonchev–Trinajstić information content (AvgIpc) is 2.69. The number of fused-ring (bicyclic) bond motifs is 2. The topological polar surface area (TPSA) is 43.4 Å². The lowest BCUT2D eigenvalue weighted by atomic mass is 10.1. The molecular weight excluding hydrogens is 368 g/mol. The molecule has 0 spiro atoms. The van der Waals surface area contributed by atoms with Crippen LogP contribution in [0.5, 0.6) is 11.5 Å². The Labute approximate surface area is 173 Å². The SMILES string of the molecule is COC[C@H]1CN(C)c2ccc(C)cc2O1.COC[C@H]1CN(C)c2ccccc2O1. The first-order valence-corrected chi connectivity index (χ1v) is 9.95. The summed E-state index contributed by atoms with van der Waals surface area (Å²) in [5.41, 5.74) is 3.54. The van der Waals surface area contributed by atoms with Gasteiger partial charge < -0.3 is 28.7 Å². The van der Waals surface area contributed by atoms with Crippen LogP contribution in [0, 0.1) is 6.92 Å². The van der Waals surface area contributed by atoms with E-state index < -0.39 is 0 Å². The van der Waals surface area contributed by atoms with Crippen LogP contribution in [-0.4, -0.2) is 66.8 Å². The van der Waals surface area contributed by atoms with Gasteiger partial charge in [-0.3, -0.25) is 0 Å². The molecule has 2 aromatic carbocycles.